The molecule has 1 unspecified atom stereocenters. The van der Waals surface area contributed by atoms with Crippen LogP contribution in [0.5, 0.6) is 0 Å². The average molecular weight is 235 g/mol. The number of aromatic amines is 1. The molecule has 1 saturated carbocycles. The second kappa shape index (κ2) is 4.71. The Morgan fingerprint density at radius 3 is 2.82 bits per heavy atom. The lowest BCUT2D eigenvalue weighted by molar-refractivity contribution is 0.195. The smallest absolute Gasteiger partial charge is 0.148 e. The Balaban J connectivity index is 2.32. The minimum Gasteiger partial charge on any atom is -0.382 e. The molecule has 3 heteroatoms. The minimum atomic E-state index is 0.375. The van der Waals surface area contributed by atoms with Gasteiger partial charge < -0.3 is 5.73 Å². The number of hydrogen-bond donors (Lipinski definition) is 2. The first-order valence-corrected chi connectivity index (χ1v) is 6.89. The van der Waals surface area contributed by atoms with Gasteiger partial charge in [-0.05, 0) is 24.7 Å². The normalized spacial score (nSPS) is 23.8. The van der Waals surface area contributed by atoms with Crippen molar-refractivity contribution in [2.45, 2.75) is 65.2 Å². The number of nitrogens with two attached hydrogens (primary N) is 1. The molecule has 0 spiro atoms. The van der Waals surface area contributed by atoms with Crippen molar-refractivity contribution in [3.8, 4) is 0 Å². The molecule has 1 aliphatic carbocycles. The third-order valence-corrected chi connectivity index (χ3v) is 4.29. The van der Waals surface area contributed by atoms with E-state index in [2.05, 4.69) is 31.0 Å². The largest absolute Gasteiger partial charge is 0.382 e. The maximum absolute atomic E-state index is 5.98. The van der Waals surface area contributed by atoms with Gasteiger partial charge in [0.05, 0.1) is 0 Å². The number of nitrogens with zero attached hydrogens (tertiary/aromatic N) is 1. The van der Waals surface area contributed by atoms with Gasteiger partial charge in [0.1, 0.15) is 5.82 Å². The molecule has 3 N–H and O–H groups in total. The summed E-state index contributed by atoms with van der Waals surface area (Å²) in [6.45, 7) is 6.95. The monoisotopic (exact) mass is 235 g/mol. The summed E-state index contributed by atoms with van der Waals surface area (Å²) in [4.78, 5) is 0. The van der Waals surface area contributed by atoms with Crippen LogP contribution in [0.3, 0.4) is 0 Å². The van der Waals surface area contributed by atoms with Gasteiger partial charge >= 0.3 is 0 Å². The Morgan fingerprint density at radius 2 is 2.18 bits per heavy atom. The Bertz CT molecular complexity index is 379. The van der Waals surface area contributed by atoms with Crippen molar-refractivity contribution in [2.75, 3.05) is 5.73 Å². The van der Waals surface area contributed by atoms with Crippen LogP contribution < -0.4 is 5.73 Å². The Labute approximate surface area is 104 Å². The van der Waals surface area contributed by atoms with Crippen LogP contribution in [0.4, 0.5) is 5.82 Å². The molecular weight excluding hydrogens is 210 g/mol. The fourth-order valence-electron chi connectivity index (χ4n) is 3.22. The molecule has 0 radical (unpaired) electrons. The van der Waals surface area contributed by atoms with Gasteiger partial charge in [-0.1, -0.05) is 40.0 Å². The lowest BCUT2D eigenvalue weighted by Gasteiger charge is -2.38. The Hall–Kier alpha value is -0.990. The van der Waals surface area contributed by atoms with Crippen molar-refractivity contribution >= 4 is 5.82 Å². The summed E-state index contributed by atoms with van der Waals surface area (Å²) >= 11 is 0. The van der Waals surface area contributed by atoms with Crippen molar-refractivity contribution < 1.29 is 0 Å². The molecule has 1 atom stereocenters. The average Bonchev–Trinajstić information content (AvgIpc) is 2.61. The zero-order valence-corrected chi connectivity index (χ0v) is 11.3. The van der Waals surface area contributed by atoms with E-state index in [4.69, 9.17) is 5.73 Å². The first kappa shape index (κ1) is 12.5. The van der Waals surface area contributed by atoms with Crippen LogP contribution in [0, 0.1) is 5.41 Å². The van der Waals surface area contributed by atoms with Crippen LogP contribution in [0.15, 0.2) is 0 Å². The molecule has 0 aliphatic heterocycles. The number of hydrogen-bond acceptors (Lipinski definition) is 2. The molecule has 0 bridgehead atoms. The molecule has 1 heterocycles. The molecule has 96 valence electrons. The topological polar surface area (TPSA) is 54.7 Å². The summed E-state index contributed by atoms with van der Waals surface area (Å²) in [6.07, 6.45) is 7.44. The van der Waals surface area contributed by atoms with Gasteiger partial charge in [0.15, 0.2) is 0 Å². The van der Waals surface area contributed by atoms with Gasteiger partial charge in [0.2, 0.25) is 0 Å². The highest BCUT2D eigenvalue weighted by molar-refractivity contribution is 5.44. The molecule has 1 aromatic heterocycles. The molecule has 1 fully saturated rings. The van der Waals surface area contributed by atoms with Crippen molar-refractivity contribution in [1.82, 2.24) is 10.2 Å². The first-order chi connectivity index (χ1) is 8.06. The second-order valence-electron chi connectivity index (χ2n) is 6.04. The highest BCUT2D eigenvalue weighted by atomic mass is 15.2. The number of anilines is 1. The van der Waals surface area contributed by atoms with Crippen LogP contribution in [-0.2, 0) is 6.42 Å². The molecule has 17 heavy (non-hydrogen) atoms. The SMILES string of the molecule is CCCc1c(N)n[nH]c1C1CCCCC1(C)C. The first-order valence-electron chi connectivity index (χ1n) is 6.89. The Kier molecular flexibility index (Phi) is 3.45. The van der Waals surface area contributed by atoms with Gasteiger partial charge in [0.25, 0.3) is 0 Å². The van der Waals surface area contributed by atoms with E-state index in [1.807, 2.05) is 0 Å². The molecule has 0 amide bonds. The predicted octanol–water partition coefficient (Wildman–Crippen LogP) is 3.63. The van der Waals surface area contributed by atoms with Crippen molar-refractivity contribution in [1.29, 1.82) is 0 Å². The van der Waals surface area contributed by atoms with Crippen LogP contribution in [0.2, 0.25) is 0 Å². The predicted molar refractivity (Wildman–Crippen MR) is 72.0 cm³/mol. The molecule has 0 aromatic carbocycles. The van der Waals surface area contributed by atoms with Gasteiger partial charge in [0, 0.05) is 17.2 Å². The van der Waals surface area contributed by atoms with Crippen molar-refractivity contribution in [3.05, 3.63) is 11.3 Å². The second-order valence-corrected chi connectivity index (χ2v) is 6.04. The van der Waals surface area contributed by atoms with Crippen molar-refractivity contribution in [2.24, 2.45) is 5.41 Å². The maximum Gasteiger partial charge on any atom is 0.148 e. The number of nitrogens with one attached hydrogen (secondary N) is 1. The van der Waals surface area contributed by atoms with Gasteiger partial charge in [-0.2, -0.15) is 5.10 Å². The fraction of sp³-hybridized carbons (Fsp3) is 0.786. The highest BCUT2D eigenvalue weighted by Gasteiger charge is 2.35. The van der Waals surface area contributed by atoms with Crippen LogP contribution >= 0.6 is 0 Å². The quantitative estimate of drug-likeness (QED) is 0.840. The third kappa shape index (κ3) is 2.33. The Morgan fingerprint density at radius 1 is 1.41 bits per heavy atom. The third-order valence-electron chi connectivity index (χ3n) is 4.29. The summed E-state index contributed by atoms with van der Waals surface area (Å²) in [5.41, 5.74) is 8.94. The summed E-state index contributed by atoms with van der Waals surface area (Å²) < 4.78 is 0. The number of rotatable bonds is 3. The van der Waals surface area contributed by atoms with E-state index in [1.165, 1.54) is 36.9 Å². The molecule has 2 rings (SSSR count). The van der Waals surface area contributed by atoms with Crippen LogP contribution in [0.25, 0.3) is 0 Å². The molecule has 0 saturated heterocycles. The van der Waals surface area contributed by atoms with E-state index in [9.17, 15) is 0 Å². The highest BCUT2D eigenvalue weighted by Crippen LogP contribution is 2.47. The van der Waals surface area contributed by atoms with E-state index >= 15 is 0 Å². The van der Waals surface area contributed by atoms with Gasteiger partial charge in [-0.25, -0.2) is 0 Å². The van der Waals surface area contributed by atoms with Crippen LogP contribution in [-0.4, -0.2) is 10.2 Å². The minimum absolute atomic E-state index is 0.375. The van der Waals surface area contributed by atoms with E-state index in [0.717, 1.165) is 12.8 Å². The lowest BCUT2D eigenvalue weighted by atomic mass is 9.67. The van der Waals surface area contributed by atoms with E-state index in [0.29, 0.717) is 17.2 Å². The summed E-state index contributed by atoms with van der Waals surface area (Å²) in [5, 5.41) is 7.44. The lowest BCUT2D eigenvalue weighted by Crippen LogP contribution is -2.27. The van der Waals surface area contributed by atoms with Crippen molar-refractivity contribution in [3.63, 3.8) is 0 Å². The number of H-pyrrole nitrogens is 1. The van der Waals surface area contributed by atoms with Gasteiger partial charge in [-0.3, -0.25) is 5.10 Å². The molecular formula is C14H25N3. The standard InChI is InChI=1S/C14H25N3/c1-4-7-10-12(16-17-13(10)15)11-8-5-6-9-14(11,2)3/h11H,4-9H2,1-3H3,(H3,15,16,17). The molecule has 3 nitrogen and oxygen atoms in total. The van der Waals surface area contributed by atoms with Crippen LogP contribution in [0.1, 0.15) is 70.1 Å². The van der Waals surface area contributed by atoms with E-state index in [1.54, 1.807) is 0 Å². The zero-order valence-electron chi connectivity index (χ0n) is 11.3. The van der Waals surface area contributed by atoms with E-state index < -0.39 is 0 Å². The fourth-order valence-corrected chi connectivity index (χ4v) is 3.22. The number of nitrogen functional groups attached to an aromatic ring is 1. The van der Waals surface area contributed by atoms with Gasteiger partial charge in [-0.15, -0.1) is 0 Å². The summed E-state index contributed by atoms with van der Waals surface area (Å²) in [6, 6.07) is 0. The van der Waals surface area contributed by atoms with E-state index in [-0.39, 0.29) is 0 Å². The maximum atomic E-state index is 5.98. The summed E-state index contributed by atoms with van der Waals surface area (Å²) in [7, 11) is 0. The zero-order chi connectivity index (χ0) is 12.5. The molecule has 1 aliphatic rings. The summed E-state index contributed by atoms with van der Waals surface area (Å²) in [5.74, 6) is 1.31. The number of aromatic nitrogens is 2. The molecule has 1 aromatic rings.